The third-order valence-electron chi connectivity index (χ3n) is 9.44. The van der Waals surface area contributed by atoms with E-state index in [-0.39, 0.29) is 0 Å². The summed E-state index contributed by atoms with van der Waals surface area (Å²) in [6.45, 7) is 3.44. The first-order chi connectivity index (χ1) is 16.6. The Labute approximate surface area is 204 Å². The Balaban J connectivity index is 1.13. The van der Waals surface area contributed by atoms with Gasteiger partial charge in [0.05, 0.1) is 11.0 Å². The van der Waals surface area contributed by atoms with E-state index in [1.165, 1.54) is 82.1 Å². The molecule has 4 nitrogen and oxygen atoms in total. The van der Waals surface area contributed by atoms with Crippen LogP contribution in [-0.2, 0) is 5.41 Å². The molecule has 3 aliphatic rings. The Bertz CT molecular complexity index is 1100. The van der Waals surface area contributed by atoms with Gasteiger partial charge in [-0.3, -0.25) is 4.90 Å². The normalized spacial score (nSPS) is 31.8. The molecule has 180 valence electrons. The predicted molar refractivity (Wildman–Crippen MR) is 140 cm³/mol. The van der Waals surface area contributed by atoms with E-state index in [1.807, 2.05) is 0 Å². The summed E-state index contributed by atoms with van der Waals surface area (Å²) in [5.41, 5.74) is 10.7. The highest BCUT2D eigenvalue weighted by molar-refractivity contribution is 5.76. The van der Waals surface area contributed by atoms with Gasteiger partial charge in [0.2, 0.25) is 0 Å². The van der Waals surface area contributed by atoms with E-state index < -0.39 is 0 Å². The Morgan fingerprint density at radius 3 is 2.29 bits per heavy atom. The van der Waals surface area contributed by atoms with Gasteiger partial charge in [0.25, 0.3) is 0 Å². The quantitative estimate of drug-likeness (QED) is 0.485. The van der Waals surface area contributed by atoms with Crippen LogP contribution in [0.5, 0.6) is 0 Å². The van der Waals surface area contributed by atoms with Crippen LogP contribution in [-0.4, -0.2) is 39.1 Å². The Kier molecular flexibility index (Phi) is 5.99. The smallest absolute Gasteiger partial charge is 0.106 e. The second-order valence-corrected chi connectivity index (χ2v) is 11.4. The zero-order valence-electron chi connectivity index (χ0n) is 20.7. The lowest BCUT2D eigenvalue weighted by Crippen LogP contribution is -2.44. The second kappa shape index (κ2) is 9.13. The molecule has 2 aliphatic heterocycles. The van der Waals surface area contributed by atoms with E-state index in [1.54, 1.807) is 5.56 Å². The lowest BCUT2D eigenvalue weighted by atomic mass is 9.66. The molecule has 2 saturated heterocycles. The third kappa shape index (κ3) is 3.99. The van der Waals surface area contributed by atoms with Crippen molar-refractivity contribution in [1.82, 2.24) is 14.5 Å². The summed E-state index contributed by atoms with van der Waals surface area (Å²) in [7, 11) is 0. The van der Waals surface area contributed by atoms with E-state index in [9.17, 15) is 0 Å². The molecule has 1 aromatic heterocycles. The molecule has 6 rings (SSSR count). The number of hydrogen-bond donors (Lipinski definition) is 1. The zero-order chi connectivity index (χ0) is 23.1. The van der Waals surface area contributed by atoms with Crippen molar-refractivity contribution < 1.29 is 0 Å². The lowest BCUT2D eigenvalue weighted by Gasteiger charge is -2.42. The van der Waals surface area contributed by atoms with Crippen LogP contribution in [0.15, 0.2) is 54.6 Å². The van der Waals surface area contributed by atoms with Gasteiger partial charge in [-0.2, -0.15) is 0 Å². The number of nitrogens with zero attached hydrogens (tertiary/aromatic N) is 3. The van der Waals surface area contributed by atoms with Gasteiger partial charge < -0.3 is 10.3 Å². The number of imidazole rings is 1. The summed E-state index contributed by atoms with van der Waals surface area (Å²) in [4.78, 5) is 7.75. The minimum absolute atomic E-state index is 0.335. The summed E-state index contributed by atoms with van der Waals surface area (Å²) in [6.07, 6.45) is 12.7. The molecule has 2 N–H and O–H groups in total. The Morgan fingerprint density at radius 1 is 0.882 bits per heavy atom. The van der Waals surface area contributed by atoms with Crippen LogP contribution in [0.4, 0.5) is 0 Å². The van der Waals surface area contributed by atoms with Crippen molar-refractivity contribution in [2.75, 3.05) is 6.54 Å². The van der Waals surface area contributed by atoms with Gasteiger partial charge >= 0.3 is 0 Å². The number of aromatic nitrogens is 2. The molecular weight excluding hydrogens is 416 g/mol. The molecule has 0 amide bonds. The number of fused-ring (bicyclic) bond motifs is 3. The molecule has 0 radical (unpaired) electrons. The van der Waals surface area contributed by atoms with Crippen LogP contribution < -0.4 is 5.73 Å². The first-order valence-electron chi connectivity index (χ1n) is 13.6. The molecule has 1 unspecified atom stereocenters. The minimum atomic E-state index is 0.335. The van der Waals surface area contributed by atoms with E-state index in [2.05, 4.69) is 71.0 Å². The number of rotatable bonds is 6. The van der Waals surface area contributed by atoms with Crippen LogP contribution in [0, 0.1) is 6.92 Å². The van der Waals surface area contributed by atoms with Gasteiger partial charge in [-0.25, -0.2) is 4.98 Å². The van der Waals surface area contributed by atoms with Crippen molar-refractivity contribution in [2.45, 2.75) is 101 Å². The molecule has 1 saturated carbocycles. The van der Waals surface area contributed by atoms with E-state index in [0.717, 1.165) is 17.6 Å². The lowest BCUT2D eigenvalue weighted by molar-refractivity contribution is 0.101. The Hall–Kier alpha value is -2.17. The van der Waals surface area contributed by atoms with Crippen molar-refractivity contribution in [3.63, 3.8) is 0 Å². The molecule has 3 atom stereocenters. The van der Waals surface area contributed by atoms with Crippen LogP contribution in [0.2, 0.25) is 0 Å². The number of benzene rings is 2. The number of nitrogens with two attached hydrogens (primary N) is 1. The fraction of sp³-hybridized carbons (Fsp3) is 0.567. The van der Waals surface area contributed by atoms with Crippen molar-refractivity contribution in [2.24, 2.45) is 5.73 Å². The minimum Gasteiger partial charge on any atom is -0.328 e. The number of hydrogen-bond acceptors (Lipinski definition) is 3. The fourth-order valence-electron chi connectivity index (χ4n) is 7.71. The van der Waals surface area contributed by atoms with Crippen molar-refractivity contribution >= 4 is 11.0 Å². The number of aryl methyl sites for hydroxylation is 1. The maximum atomic E-state index is 6.31. The average Bonchev–Trinajstić information content (AvgIpc) is 3.31. The first-order valence-corrected chi connectivity index (χ1v) is 13.6. The topological polar surface area (TPSA) is 47.1 Å². The van der Waals surface area contributed by atoms with Crippen molar-refractivity contribution in [3.05, 3.63) is 66.0 Å². The Morgan fingerprint density at radius 2 is 1.56 bits per heavy atom. The summed E-state index contributed by atoms with van der Waals surface area (Å²) in [5, 5.41) is 0. The van der Waals surface area contributed by atoms with Gasteiger partial charge in [0.1, 0.15) is 5.82 Å². The first kappa shape index (κ1) is 22.3. The molecule has 2 bridgehead atoms. The average molecular weight is 457 g/mol. The fourth-order valence-corrected chi connectivity index (χ4v) is 7.71. The largest absolute Gasteiger partial charge is 0.328 e. The van der Waals surface area contributed by atoms with Gasteiger partial charge in [0.15, 0.2) is 0 Å². The number of piperidine rings is 1. The van der Waals surface area contributed by atoms with Crippen molar-refractivity contribution in [3.8, 4) is 0 Å². The standard InChI is InChI=1S/C30H40N4/c1-22-32-28-10-5-6-11-29(28)34(22)27-20-25-12-13-26(21-27)33(25)19-7-16-30(17-14-24(31)15-18-30)23-8-3-2-4-9-23/h2-6,8-11,24-27H,7,12-21,31H2,1H3/t24?,25-,26+,27?,30?. The highest BCUT2D eigenvalue weighted by Crippen LogP contribution is 2.45. The third-order valence-corrected chi connectivity index (χ3v) is 9.44. The second-order valence-electron chi connectivity index (χ2n) is 11.4. The molecule has 3 aromatic rings. The summed E-state index contributed by atoms with van der Waals surface area (Å²) in [5.74, 6) is 1.18. The SMILES string of the molecule is Cc1nc2ccccc2n1C1C[C@H]2CC[C@@H](C1)N2CCCC1(c2ccccc2)CCC(N)CC1. The summed E-state index contributed by atoms with van der Waals surface area (Å²) >= 11 is 0. The molecule has 3 heterocycles. The summed E-state index contributed by atoms with van der Waals surface area (Å²) in [6, 6.07) is 22.5. The monoisotopic (exact) mass is 456 g/mol. The number of para-hydroxylation sites is 2. The van der Waals surface area contributed by atoms with Gasteiger partial charge in [-0.1, -0.05) is 42.5 Å². The maximum Gasteiger partial charge on any atom is 0.106 e. The maximum absolute atomic E-state index is 6.31. The van der Waals surface area contributed by atoms with Gasteiger partial charge in [-0.05, 0) is 101 Å². The van der Waals surface area contributed by atoms with E-state index in [4.69, 9.17) is 10.7 Å². The van der Waals surface area contributed by atoms with Crippen LogP contribution in [0.3, 0.4) is 0 Å². The van der Waals surface area contributed by atoms with E-state index in [0.29, 0.717) is 17.5 Å². The molecular formula is C30H40N4. The van der Waals surface area contributed by atoms with Crippen LogP contribution in [0.25, 0.3) is 11.0 Å². The molecule has 3 fully saturated rings. The van der Waals surface area contributed by atoms with Crippen LogP contribution >= 0.6 is 0 Å². The van der Waals surface area contributed by atoms with Gasteiger partial charge in [0, 0.05) is 24.2 Å². The highest BCUT2D eigenvalue weighted by atomic mass is 15.2. The zero-order valence-corrected chi connectivity index (χ0v) is 20.7. The molecule has 34 heavy (non-hydrogen) atoms. The highest BCUT2D eigenvalue weighted by Gasteiger charge is 2.42. The van der Waals surface area contributed by atoms with E-state index >= 15 is 0 Å². The summed E-state index contributed by atoms with van der Waals surface area (Å²) < 4.78 is 2.55. The molecule has 2 aromatic carbocycles. The molecule has 0 spiro atoms. The molecule has 4 heteroatoms. The van der Waals surface area contributed by atoms with Gasteiger partial charge in [-0.15, -0.1) is 0 Å². The van der Waals surface area contributed by atoms with Crippen LogP contribution in [0.1, 0.15) is 81.6 Å². The molecule has 1 aliphatic carbocycles. The predicted octanol–water partition coefficient (Wildman–Crippen LogP) is 6.13. The van der Waals surface area contributed by atoms with Crippen molar-refractivity contribution in [1.29, 1.82) is 0 Å².